The second kappa shape index (κ2) is 4.85. The lowest BCUT2D eigenvalue weighted by molar-refractivity contribution is -0.384. The van der Waals surface area contributed by atoms with Crippen molar-refractivity contribution in [1.82, 2.24) is 0 Å². The van der Waals surface area contributed by atoms with Crippen molar-refractivity contribution in [3.63, 3.8) is 0 Å². The number of nitro groups is 1. The summed E-state index contributed by atoms with van der Waals surface area (Å²) in [6.07, 6.45) is 0.948. The highest BCUT2D eigenvalue weighted by atomic mass is 16.6. The smallest absolute Gasteiger partial charge is 0.269 e. The topological polar surface area (TPSA) is 55.6 Å². The van der Waals surface area contributed by atoms with Gasteiger partial charge in [0.15, 0.2) is 0 Å². The zero-order valence-corrected chi connectivity index (χ0v) is 11.1. The van der Waals surface area contributed by atoms with Crippen LogP contribution in [0.2, 0.25) is 0 Å². The van der Waals surface area contributed by atoms with Crippen LogP contribution in [0.15, 0.2) is 42.5 Å². The summed E-state index contributed by atoms with van der Waals surface area (Å²) in [5, 5.41) is 10.7. The number of hydrogen-bond donors (Lipinski definition) is 0. The highest BCUT2D eigenvalue weighted by Crippen LogP contribution is 2.36. The van der Waals surface area contributed by atoms with E-state index in [1.54, 1.807) is 19.2 Å². The molecular weight excluding hydrogens is 256 g/mol. The van der Waals surface area contributed by atoms with Crippen LogP contribution in [-0.4, -0.2) is 18.6 Å². The number of ether oxygens (including phenoxy) is 1. The molecule has 0 amide bonds. The lowest BCUT2D eigenvalue weighted by Crippen LogP contribution is -2.12. The van der Waals surface area contributed by atoms with Gasteiger partial charge in [0.25, 0.3) is 5.69 Å². The van der Waals surface area contributed by atoms with Crippen LogP contribution in [0.25, 0.3) is 0 Å². The van der Waals surface area contributed by atoms with Crippen molar-refractivity contribution in [2.24, 2.45) is 0 Å². The second-order valence-electron chi connectivity index (χ2n) is 4.67. The van der Waals surface area contributed by atoms with Crippen LogP contribution in [0, 0.1) is 10.1 Å². The van der Waals surface area contributed by atoms with Crippen LogP contribution in [0.1, 0.15) is 5.56 Å². The van der Waals surface area contributed by atoms with Crippen molar-refractivity contribution in [3.8, 4) is 5.75 Å². The number of non-ortho nitro benzene ring substituents is 1. The van der Waals surface area contributed by atoms with E-state index in [0.29, 0.717) is 0 Å². The fourth-order valence-corrected chi connectivity index (χ4v) is 2.53. The summed E-state index contributed by atoms with van der Waals surface area (Å²) in [6, 6.07) is 12.7. The van der Waals surface area contributed by atoms with Crippen molar-refractivity contribution in [3.05, 3.63) is 58.1 Å². The molecule has 0 radical (unpaired) electrons. The summed E-state index contributed by atoms with van der Waals surface area (Å²) in [5.74, 6) is 0.856. The number of methoxy groups -OCH3 is 1. The summed E-state index contributed by atoms with van der Waals surface area (Å²) < 4.78 is 5.23. The van der Waals surface area contributed by atoms with Gasteiger partial charge in [-0.15, -0.1) is 0 Å². The fraction of sp³-hybridized carbons (Fsp3) is 0.200. The lowest BCUT2D eigenvalue weighted by Gasteiger charge is -2.19. The number of nitro benzene ring substituents is 1. The molecule has 0 N–H and O–H groups in total. The van der Waals surface area contributed by atoms with E-state index in [-0.39, 0.29) is 10.6 Å². The molecule has 5 heteroatoms. The van der Waals surface area contributed by atoms with E-state index < -0.39 is 0 Å². The van der Waals surface area contributed by atoms with Gasteiger partial charge in [-0.25, -0.2) is 0 Å². The zero-order valence-electron chi connectivity index (χ0n) is 11.1. The minimum atomic E-state index is -0.382. The minimum Gasteiger partial charge on any atom is -0.497 e. The predicted octanol–water partition coefficient (Wildman–Crippen LogP) is 3.30. The molecule has 0 spiro atoms. The van der Waals surface area contributed by atoms with Gasteiger partial charge < -0.3 is 9.64 Å². The Hall–Kier alpha value is -2.56. The molecule has 102 valence electrons. The van der Waals surface area contributed by atoms with E-state index in [0.717, 1.165) is 30.1 Å². The van der Waals surface area contributed by atoms with E-state index in [2.05, 4.69) is 4.90 Å². The van der Waals surface area contributed by atoms with Gasteiger partial charge >= 0.3 is 0 Å². The average Bonchev–Trinajstić information content (AvgIpc) is 2.90. The largest absolute Gasteiger partial charge is 0.497 e. The van der Waals surface area contributed by atoms with Gasteiger partial charge in [0.1, 0.15) is 5.75 Å². The van der Waals surface area contributed by atoms with Crippen LogP contribution in [0.5, 0.6) is 5.75 Å². The highest BCUT2D eigenvalue weighted by molar-refractivity contribution is 5.71. The molecule has 0 fully saturated rings. The first kappa shape index (κ1) is 12.5. The molecule has 2 aromatic rings. The van der Waals surface area contributed by atoms with Crippen LogP contribution >= 0.6 is 0 Å². The number of rotatable bonds is 3. The van der Waals surface area contributed by atoms with E-state index in [4.69, 9.17) is 4.74 Å². The zero-order chi connectivity index (χ0) is 14.1. The SMILES string of the molecule is COc1ccc2c(c1)CCN2c1ccc([N+](=O)[O-])cc1. The molecule has 0 aliphatic carbocycles. The molecule has 1 aliphatic rings. The normalized spacial score (nSPS) is 13.2. The van der Waals surface area contributed by atoms with Crippen molar-refractivity contribution in [1.29, 1.82) is 0 Å². The fourth-order valence-electron chi connectivity index (χ4n) is 2.53. The van der Waals surface area contributed by atoms with E-state index in [9.17, 15) is 10.1 Å². The maximum absolute atomic E-state index is 10.7. The standard InChI is InChI=1S/C15H14N2O3/c1-20-14-6-7-15-11(10-14)8-9-16(15)12-2-4-13(5-3-12)17(18)19/h2-7,10H,8-9H2,1H3. The average molecular weight is 270 g/mol. The Balaban J connectivity index is 1.92. The second-order valence-corrected chi connectivity index (χ2v) is 4.67. The van der Waals surface area contributed by atoms with Gasteiger partial charge in [-0.1, -0.05) is 0 Å². The predicted molar refractivity (Wildman–Crippen MR) is 76.8 cm³/mol. The molecule has 5 nitrogen and oxygen atoms in total. The molecule has 0 saturated carbocycles. The van der Waals surface area contributed by atoms with E-state index in [1.807, 2.05) is 18.2 Å². The Kier molecular flexibility index (Phi) is 3.02. The number of nitrogens with zero attached hydrogens (tertiary/aromatic N) is 2. The van der Waals surface area contributed by atoms with Gasteiger partial charge in [0, 0.05) is 30.1 Å². The monoisotopic (exact) mass is 270 g/mol. The first-order valence-electron chi connectivity index (χ1n) is 6.38. The van der Waals surface area contributed by atoms with Crippen LogP contribution in [0.3, 0.4) is 0 Å². The summed E-state index contributed by atoms with van der Waals surface area (Å²) >= 11 is 0. The summed E-state index contributed by atoms with van der Waals surface area (Å²) in [5.41, 5.74) is 3.46. The third-order valence-electron chi connectivity index (χ3n) is 3.55. The van der Waals surface area contributed by atoms with Crippen molar-refractivity contribution in [2.75, 3.05) is 18.6 Å². The maximum atomic E-state index is 10.7. The van der Waals surface area contributed by atoms with Crippen molar-refractivity contribution >= 4 is 17.1 Å². The molecule has 3 rings (SSSR count). The maximum Gasteiger partial charge on any atom is 0.269 e. The molecule has 0 aromatic heterocycles. The summed E-state index contributed by atoms with van der Waals surface area (Å²) in [7, 11) is 1.66. The van der Waals surface area contributed by atoms with E-state index >= 15 is 0 Å². The van der Waals surface area contributed by atoms with Crippen LogP contribution in [0.4, 0.5) is 17.1 Å². The first-order valence-corrected chi connectivity index (χ1v) is 6.38. The van der Waals surface area contributed by atoms with Crippen LogP contribution in [-0.2, 0) is 6.42 Å². The quantitative estimate of drug-likeness (QED) is 0.634. The summed E-state index contributed by atoms with van der Waals surface area (Å²) in [6.45, 7) is 0.875. The van der Waals surface area contributed by atoms with E-state index in [1.165, 1.54) is 17.7 Å². The highest BCUT2D eigenvalue weighted by Gasteiger charge is 2.21. The van der Waals surface area contributed by atoms with Crippen LogP contribution < -0.4 is 9.64 Å². The molecular formula is C15H14N2O3. The van der Waals surface area contributed by atoms with Gasteiger partial charge in [-0.05, 0) is 42.3 Å². The molecule has 1 heterocycles. The number of benzene rings is 2. The summed E-state index contributed by atoms with van der Waals surface area (Å²) in [4.78, 5) is 12.5. The Bertz CT molecular complexity index is 653. The number of anilines is 2. The van der Waals surface area contributed by atoms with Gasteiger partial charge in [0.2, 0.25) is 0 Å². The molecule has 2 aromatic carbocycles. The minimum absolute atomic E-state index is 0.114. The molecule has 0 unspecified atom stereocenters. The van der Waals surface area contributed by atoms with Crippen molar-refractivity contribution < 1.29 is 9.66 Å². The number of fused-ring (bicyclic) bond motifs is 1. The first-order chi connectivity index (χ1) is 9.69. The Labute approximate surface area is 116 Å². The molecule has 1 aliphatic heterocycles. The Morgan fingerprint density at radius 1 is 1.20 bits per heavy atom. The molecule has 0 saturated heterocycles. The molecule has 20 heavy (non-hydrogen) atoms. The lowest BCUT2D eigenvalue weighted by atomic mass is 10.1. The van der Waals surface area contributed by atoms with Gasteiger partial charge in [0.05, 0.1) is 12.0 Å². The molecule has 0 atom stereocenters. The number of hydrogen-bond acceptors (Lipinski definition) is 4. The molecule has 0 bridgehead atoms. The Morgan fingerprint density at radius 3 is 2.60 bits per heavy atom. The third-order valence-corrected chi connectivity index (χ3v) is 3.55. The van der Waals surface area contributed by atoms with Gasteiger partial charge in [-0.3, -0.25) is 10.1 Å². The van der Waals surface area contributed by atoms with Crippen molar-refractivity contribution in [2.45, 2.75) is 6.42 Å². The van der Waals surface area contributed by atoms with Gasteiger partial charge in [-0.2, -0.15) is 0 Å². The Morgan fingerprint density at radius 2 is 1.95 bits per heavy atom. The third kappa shape index (κ3) is 2.07.